The van der Waals surface area contributed by atoms with Crippen molar-refractivity contribution in [2.24, 2.45) is 0 Å². The zero-order chi connectivity index (χ0) is 17.0. The molecule has 1 heterocycles. The molecule has 1 aliphatic heterocycles. The first-order chi connectivity index (χ1) is 11.6. The van der Waals surface area contributed by atoms with Crippen LogP contribution in [0, 0.1) is 0 Å². The van der Waals surface area contributed by atoms with Gasteiger partial charge in [-0.15, -0.1) is 0 Å². The van der Waals surface area contributed by atoms with Gasteiger partial charge in [-0.05, 0) is 38.7 Å². The molecule has 1 aliphatic carbocycles. The fraction of sp³-hybridized carbons (Fsp3) is 0.700. The molecular weight excluding hydrogens is 302 g/mol. The van der Waals surface area contributed by atoms with Crippen LogP contribution in [0.4, 0.5) is 0 Å². The van der Waals surface area contributed by atoms with Crippen molar-refractivity contribution in [2.45, 2.75) is 69.4 Å². The first kappa shape index (κ1) is 17.9. The molecule has 1 saturated heterocycles. The van der Waals surface area contributed by atoms with Crippen molar-refractivity contribution >= 4 is 0 Å². The average Bonchev–Trinajstić information content (AvgIpc) is 3.07. The van der Waals surface area contributed by atoms with Crippen LogP contribution in [0.3, 0.4) is 0 Å². The maximum Gasteiger partial charge on any atom is 0.168 e. The summed E-state index contributed by atoms with van der Waals surface area (Å²) in [6.07, 6.45) is 4.87. The van der Waals surface area contributed by atoms with Gasteiger partial charge < -0.3 is 19.5 Å². The summed E-state index contributed by atoms with van der Waals surface area (Å²) >= 11 is 0. The third-order valence-corrected chi connectivity index (χ3v) is 5.68. The van der Waals surface area contributed by atoms with Gasteiger partial charge in [0.1, 0.15) is 0 Å². The number of benzene rings is 1. The third kappa shape index (κ3) is 3.99. The van der Waals surface area contributed by atoms with Crippen LogP contribution in [-0.4, -0.2) is 37.8 Å². The molecule has 4 nitrogen and oxygen atoms in total. The minimum absolute atomic E-state index is 0.0661. The summed E-state index contributed by atoms with van der Waals surface area (Å²) in [6, 6.07) is 11.3. The summed E-state index contributed by atoms with van der Waals surface area (Å²) in [4.78, 5) is 0. The number of methoxy groups -OCH3 is 1. The predicted octanol–water partition coefficient (Wildman–Crippen LogP) is 3.82. The van der Waals surface area contributed by atoms with Gasteiger partial charge in [0.15, 0.2) is 5.79 Å². The minimum atomic E-state index is -0.323. The quantitative estimate of drug-likeness (QED) is 0.859. The van der Waals surface area contributed by atoms with E-state index in [2.05, 4.69) is 49.5 Å². The van der Waals surface area contributed by atoms with Crippen LogP contribution < -0.4 is 5.32 Å². The molecule has 0 aromatic heterocycles. The molecule has 2 aliphatic rings. The molecule has 3 rings (SSSR count). The van der Waals surface area contributed by atoms with Gasteiger partial charge in [-0.25, -0.2) is 0 Å². The monoisotopic (exact) mass is 333 g/mol. The molecule has 0 unspecified atom stereocenters. The number of rotatable bonds is 6. The van der Waals surface area contributed by atoms with Crippen LogP contribution in [-0.2, 0) is 14.2 Å². The highest BCUT2D eigenvalue weighted by molar-refractivity contribution is 5.18. The predicted molar refractivity (Wildman–Crippen MR) is 94.9 cm³/mol. The highest BCUT2D eigenvalue weighted by Gasteiger charge is 2.46. The van der Waals surface area contributed by atoms with E-state index in [1.807, 2.05) is 7.11 Å². The summed E-state index contributed by atoms with van der Waals surface area (Å²) in [7, 11) is 1.85. The molecule has 1 aromatic rings. The Balaban J connectivity index is 1.55. The molecule has 1 saturated carbocycles. The molecule has 2 atom stereocenters. The topological polar surface area (TPSA) is 39.7 Å². The van der Waals surface area contributed by atoms with E-state index in [1.165, 1.54) is 5.56 Å². The lowest BCUT2D eigenvalue weighted by atomic mass is 9.77. The largest absolute Gasteiger partial charge is 0.378 e. The van der Waals surface area contributed by atoms with Gasteiger partial charge in [-0.3, -0.25) is 0 Å². The van der Waals surface area contributed by atoms with Crippen LogP contribution in [0.2, 0.25) is 0 Å². The van der Waals surface area contributed by atoms with Crippen LogP contribution in [0.1, 0.15) is 57.6 Å². The van der Waals surface area contributed by atoms with Crippen LogP contribution >= 0.6 is 0 Å². The maximum atomic E-state index is 5.99. The van der Waals surface area contributed by atoms with Gasteiger partial charge in [0.2, 0.25) is 0 Å². The van der Waals surface area contributed by atoms with Gasteiger partial charge in [0, 0.05) is 32.0 Å². The lowest BCUT2D eigenvalue weighted by molar-refractivity contribution is -0.208. The van der Waals surface area contributed by atoms with Crippen molar-refractivity contribution in [1.82, 2.24) is 5.32 Å². The van der Waals surface area contributed by atoms with E-state index in [9.17, 15) is 0 Å². The van der Waals surface area contributed by atoms with Gasteiger partial charge in [0.05, 0.1) is 18.8 Å². The van der Waals surface area contributed by atoms with Gasteiger partial charge in [-0.2, -0.15) is 0 Å². The second-order valence-corrected chi connectivity index (χ2v) is 7.40. The van der Waals surface area contributed by atoms with E-state index < -0.39 is 0 Å². The van der Waals surface area contributed by atoms with E-state index in [0.29, 0.717) is 12.1 Å². The average molecular weight is 333 g/mol. The molecule has 2 fully saturated rings. The van der Waals surface area contributed by atoms with Crippen LogP contribution in [0.5, 0.6) is 0 Å². The van der Waals surface area contributed by atoms with Crippen molar-refractivity contribution in [3.05, 3.63) is 35.9 Å². The van der Waals surface area contributed by atoms with Gasteiger partial charge in [0.25, 0.3) is 0 Å². The van der Waals surface area contributed by atoms with E-state index >= 15 is 0 Å². The molecule has 0 bridgehead atoms. The normalized spacial score (nSPS) is 24.8. The zero-order valence-corrected chi connectivity index (χ0v) is 15.2. The fourth-order valence-corrected chi connectivity index (χ4v) is 4.25. The highest BCUT2D eigenvalue weighted by Crippen LogP contribution is 2.43. The smallest absolute Gasteiger partial charge is 0.168 e. The number of ether oxygens (including phenoxy) is 3. The second-order valence-electron chi connectivity index (χ2n) is 7.40. The molecule has 24 heavy (non-hydrogen) atoms. The van der Waals surface area contributed by atoms with E-state index in [-0.39, 0.29) is 11.4 Å². The SMILES string of the molecule is COC1(C[C@H](C)N[C@@H](C)c2ccccc2)CCC2(CC1)OCCO2. The number of nitrogens with one attached hydrogen (secondary N) is 1. The minimum Gasteiger partial charge on any atom is -0.378 e. The Hall–Kier alpha value is -0.940. The summed E-state index contributed by atoms with van der Waals surface area (Å²) < 4.78 is 17.7. The molecule has 1 spiro atoms. The maximum absolute atomic E-state index is 5.99. The molecule has 0 radical (unpaired) electrons. The number of hydrogen-bond acceptors (Lipinski definition) is 4. The Labute approximate surface area is 145 Å². The molecule has 4 heteroatoms. The van der Waals surface area contributed by atoms with Crippen molar-refractivity contribution in [3.8, 4) is 0 Å². The Morgan fingerprint density at radius 2 is 1.67 bits per heavy atom. The summed E-state index contributed by atoms with van der Waals surface area (Å²) in [5.74, 6) is -0.323. The van der Waals surface area contributed by atoms with Gasteiger partial charge >= 0.3 is 0 Å². The summed E-state index contributed by atoms with van der Waals surface area (Å²) in [5.41, 5.74) is 1.26. The van der Waals surface area contributed by atoms with Crippen molar-refractivity contribution < 1.29 is 14.2 Å². The fourth-order valence-electron chi connectivity index (χ4n) is 4.25. The Bertz CT molecular complexity index is 503. The van der Waals surface area contributed by atoms with E-state index in [1.54, 1.807) is 0 Å². The van der Waals surface area contributed by atoms with E-state index in [0.717, 1.165) is 45.3 Å². The molecular formula is C20H31NO3. The standard InChI is InChI=1S/C20H31NO3/c1-16(21-17(2)18-7-5-4-6-8-18)15-19(22-3)9-11-20(12-10-19)23-13-14-24-20/h4-8,16-17,21H,9-15H2,1-3H3/t16-,17-/m0/s1. The summed E-state index contributed by atoms with van der Waals surface area (Å²) in [5, 5.41) is 3.72. The van der Waals surface area contributed by atoms with E-state index in [4.69, 9.17) is 14.2 Å². The van der Waals surface area contributed by atoms with Crippen molar-refractivity contribution in [1.29, 1.82) is 0 Å². The molecule has 1 N–H and O–H groups in total. The van der Waals surface area contributed by atoms with Crippen molar-refractivity contribution in [2.75, 3.05) is 20.3 Å². The Morgan fingerprint density at radius 3 is 2.25 bits per heavy atom. The van der Waals surface area contributed by atoms with Crippen LogP contribution in [0.15, 0.2) is 30.3 Å². The van der Waals surface area contributed by atoms with Crippen LogP contribution in [0.25, 0.3) is 0 Å². The Morgan fingerprint density at radius 1 is 1.04 bits per heavy atom. The zero-order valence-electron chi connectivity index (χ0n) is 15.2. The first-order valence-corrected chi connectivity index (χ1v) is 9.21. The molecule has 0 amide bonds. The first-order valence-electron chi connectivity index (χ1n) is 9.21. The highest BCUT2D eigenvalue weighted by atomic mass is 16.7. The molecule has 1 aromatic carbocycles. The lowest BCUT2D eigenvalue weighted by Gasteiger charge is -2.44. The van der Waals surface area contributed by atoms with Gasteiger partial charge in [-0.1, -0.05) is 30.3 Å². The Kier molecular flexibility index (Phi) is 5.60. The molecule has 134 valence electrons. The second kappa shape index (κ2) is 7.52. The van der Waals surface area contributed by atoms with Crippen molar-refractivity contribution in [3.63, 3.8) is 0 Å². The lowest BCUT2D eigenvalue weighted by Crippen LogP contribution is -2.48. The summed E-state index contributed by atoms with van der Waals surface area (Å²) in [6.45, 7) is 5.94. The third-order valence-electron chi connectivity index (χ3n) is 5.68. The number of hydrogen-bond donors (Lipinski definition) is 1.